The molecule has 2 aromatic rings. The van der Waals surface area contributed by atoms with Gasteiger partial charge in [-0.15, -0.1) is 0 Å². The lowest BCUT2D eigenvalue weighted by Crippen LogP contribution is -2.21. The zero-order chi connectivity index (χ0) is 19.1. The standard InChI is InChI=1S/C20H20ClN3O2/c1-3-13(4-2)19(25)23-16-8-5-14(6-9-16)20(26)24-17-10-7-15(12-22)18(21)11-17/h5-11,13H,3-4H2,1-2H3,(H,23,25)(H,24,26). The van der Waals surface area contributed by atoms with E-state index in [9.17, 15) is 9.59 Å². The first-order valence-electron chi connectivity index (χ1n) is 8.40. The molecule has 6 heteroatoms. The van der Waals surface area contributed by atoms with Gasteiger partial charge in [-0.1, -0.05) is 25.4 Å². The molecule has 0 spiro atoms. The normalized spacial score (nSPS) is 10.3. The van der Waals surface area contributed by atoms with Gasteiger partial charge in [-0.2, -0.15) is 5.26 Å². The van der Waals surface area contributed by atoms with E-state index in [0.29, 0.717) is 22.5 Å². The highest BCUT2D eigenvalue weighted by Gasteiger charge is 2.14. The molecule has 2 amide bonds. The summed E-state index contributed by atoms with van der Waals surface area (Å²) in [5.74, 6) is -0.331. The maximum absolute atomic E-state index is 12.3. The molecular formula is C20H20ClN3O2. The SMILES string of the molecule is CCC(CC)C(=O)Nc1ccc(C(=O)Nc2ccc(C#N)c(Cl)c2)cc1. The lowest BCUT2D eigenvalue weighted by molar-refractivity contribution is -0.120. The van der Waals surface area contributed by atoms with E-state index in [1.165, 1.54) is 6.07 Å². The zero-order valence-corrected chi connectivity index (χ0v) is 15.4. The largest absolute Gasteiger partial charge is 0.326 e. The highest BCUT2D eigenvalue weighted by molar-refractivity contribution is 6.32. The zero-order valence-electron chi connectivity index (χ0n) is 14.7. The Morgan fingerprint density at radius 3 is 2.19 bits per heavy atom. The van der Waals surface area contributed by atoms with Crippen LogP contribution in [0.15, 0.2) is 42.5 Å². The van der Waals surface area contributed by atoms with Crippen LogP contribution in [0.4, 0.5) is 11.4 Å². The Morgan fingerprint density at radius 2 is 1.65 bits per heavy atom. The second-order valence-corrected chi connectivity index (χ2v) is 6.25. The molecule has 0 bridgehead atoms. The Morgan fingerprint density at radius 1 is 1.04 bits per heavy atom. The van der Waals surface area contributed by atoms with Crippen molar-refractivity contribution in [2.45, 2.75) is 26.7 Å². The summed E-state index contributed by atoms with van der Waals surface area (Å²) in [5.41, 5.74) is 1.96. The summed E-state index contributed by atoms with van der Waals surface area (Å²) in [6.45, 7) is 3.97. The minimum absolute atomic E-state index is 0.0144. The molecule has 0 aromatic heterocycles. The lowest BCUT2D eigenvalue weighted by Gasteiger charge is -2.13. The van der Waals surface area contributed by atoms with Gasteiger partial charge in [-0.3, -0.25) is 9.59 Å². The van der Waals surface area contributed by atoms with Crippen LogP contribution in [-0.4, -0.2) is 11.8 Å². The van der Waals surface area contributed by atoms with Crippen LogP contribution in [0.25, 0.3) is 0 Å². The quantitative estimate of drug-likeness (QED) is 0.764. The predicted octanol–water partition coefficient (Wildman–Crippen LogP) is 4.84. The van der Waals surface area contributed by atoms with Crippen LogP contribution in [0.2, 0.25) is 5.02 Å². The second-order valence-electron chi connectivity index (χ2n) is 5.84. The first-order chi connectivity index (χ1) is 12.5. The van der Waals surface area contributed by atoms with Crippen LogP contribution in [0, 0.1) is 17.2 Å². The number of nitrogens with one attached hydrogen (secondary N) is 2. The van der Waals surface area contributed by atoms with Crippen LogP contribution in [0.1, 0.15) is 42.6 Å². The molecule has 0 fully saturated rings. The lowest BCUT2D eigenvalue weighted by atomic mass is 10.0. The molecule has 0 radical (unpaired) electrons. The van der Waals surface area contributed by atoms with Gasteiger partial charge >= 0.3 is 0 Å². The number of carbonyl (C=O) groups excluding carboxylic acids is 2. The number of nitrogens with zero attached hydrogens (tertiary/aromatic N) is 1. The number of rotatable bonds is 6. The van der Waals surface area contributed by atoms with Gasteiger partial charge in [0.05, 0.1) is 10.6 Å². The monoisotopic (exact) mass is 369 g/mol. The van der Waals surface area contributed by atoms with Crippen molar-refractivity contribution in [1.29, 1.82) is 5.26 Å². The number of amides is 2. The molecule has 0 heterocycles. The summed E-state index contributed by atoms with van der Waals surface area (Å²) in [6.07, 6.45) is 1.58. The van der Waals surface area contributed by atoms with E-state index in [-0.39, 0.29) is 22.8 Å². The predicted molar refractivity (Wildman–Crippen MR) is 103 cm³/mol. The first-order valence-corrected chi connectivity index (χ1v) is 8.78. The Bertz CT molecular complexity index is 837. The fraction of sp³-hybridized carbons (Fsp3) is 0.250. The summed E-state index contributed by atoms with van der Waals surface area (Å²) in [6, 6.07) is 13.3. The summed E-state index contributed by atoms with van der Waals surface area (Å²) >= 11 is 5.96. The molecule has 26 heavy (non-hydrogen) atoms. The average molecular weight is 370 g/mol. The second kappa shape index (κ2) is 9.02. The van der Waals surface area contributed by atoms with Gasteiger partial charge in [-0.25, -0.2) is 0 Å². The molecule has 5 nitrogen and oxygen atoms in total. The van der Waals surface area contributed by atoms with Crippen molar-refractivity contribution in [3.63, 3.8) is 0 Å². The third-order valence-electron chi connectivity index (χ3n) is 4.12. The van der Waals surface area contributed by atoms with Crippen molar-refractivity contribution >= 4 is 34.8 Å². The Kier molecular flexibility index (Phi) is 6.76. The van der Waals surface area contributed by atoms with E-state index in [1.54, 1.807) is 36.4 Å². The Hall–Kier alpha value is -2.84. The van der Waals surface area contributed by atoms with E-state index < -0.39 is 0 Å². The van der Waals surface area contributed by atoms with Gasteiger partial charge in [0, 0.05) is 22.9 Å². The molecule has 134 valence electrons. The number of nitriles is 1. The number of halogens is 1. The van der Waals surface area contributed by atoms with Crippen LogP contribution in [-0.2, 0) is 4.79 Å². The van der Waals surface area contributed by atoms with Crippen LogP contribution in [0.5, 0.6) is 0 Å². The minimum Gasteiger partial charge on any atom is -0.326 e. The van der Waals surface area contributed by atoms with Gasteiger partial charge < -0.3 is 10.6 Å². The number of carbonyl (C=O) groups is 2. The fourth-order valence-electron chi connectivity index (χ4n) is 2.50. The summed E-state index contributed by atoms with van der Waals surface area (Å²) in [4.78, 5) is 24.4. The van der Waals surface area contributed by atoms with Gasteiger partial charge in [0.15, 0.2) is 0 Å². The van der Waals surface area contributed by atoms with Crippen molar-refractivity contribution in [3.8, 4) is 6.07 Å². The molecule has 2 N–H and O–H groups in total. The number of hydrogen-bond donors (Lipinski definition) is 2. The van der Waals surface area contributed by atoms with Crippen molar-refractivity contribution in [2.24, 2.45) is 5.92 Å². The van der Waals surface area contributed by atoms with Crippen molar-refractivity contribution in [3.05, 3.63) is 58.6 Å². The highest BCUT2D eigenvalue weighted by atomic mass is 35.5. The summed E-state index contributed by atoms with van der Waals surface area (Å²) in [7, 11) is 0. The first kappa shape index (κ1) is 19.5. The van der Waals surface area contributed by atoms with Gasteiger partial charge in [-0.05, 0) is 55.3 Å². The number of benzene rings is 2. The van der Waals surface area contributed by atoms with E-state index in [0.717, 1.165) is 12.8 Å². The molecule has 0 saturated heterocycles. The van der Waals surface area contributed by atoms with Crippen LogP contribution >= 0.6 is 11.6 Å². The summed E-state index contributed by atoms with van der Waals surface area (Å²) in [5, 5.41) is 14.7. The fourth-order valence-corrected chi connectivity index (χ4v) is 2.72. The summed E-state index contributed by atoms with van der Waals surface area (Å²) < 4.78 is 0. The van der Waals surface area contributed by atoms with E-state index in [1.807, 2.05) is 19.9 Å². The Balaban J connectivity index is 2.03. The molecule has 2 aromatic carbocycles. The molecular weight excluding hydrogens is 350 g/mol. The topological polar surface area (TPSA) is 82.0 Å². The molecule has 0 atom stereocenters. The van der Waals surface area contributed by atoms with Crippen molar-refractivity contribution in [1.82, 2.24) is 0 Å². The van der Waals surface area contributed by atoms with E-state index >= 15 is 0 Å². The molecule has 0 saturated carbocycles. The molecule has 0 unspecified atom stereocenters. The van der Waals surface area contributed by atoms with Crippen molar-refractivity contribution < 1.29 is 9.59 Å². The maximum Gasteiger partial charge on any atom is 0.255 e. The van der Waals surface area contributed by atoms with Crippen LogP contribution in [0.3, 0.4) is 0 Å². The van der Waals surface area contributed by atoms with E-state index in [2.05, 4.69) is 10.6 Å². The minimum atomic E-state index is -0.302. The third kappa shape index (κ3) is 4.84. The van der Waals surface area contributed by atoms with Gasteiger partial charge in [0.25, 0.3) is 5.91 Å². The Labute approximate surface area is 158 Å². The molecule has 0 aliphatic rings. The van der Waals surface area contributed by atoms with E-state index in [4.69, 9.17) is 16.9 Å². The van der Waals surface area contributed by atoms with Crippen LogP contribution < -0.4 is 10.6 Å². The number of hydrogen-bond acceptors (Lipinski definition) is 3. The highest BCUT2D eigenvalue weighted by Crippen LogP contribution is 2.21. The number of anilines is 2. The van der Waals surface area contributed by atoms with Gasteiger partial charge in [0.1, 0.15) is 6.07 Å². The molecule has 0 aliphatic heterocycles. The smallest absolute Gasteiger partial charge is 0.255 e. The van der Waals surface area contributed by atoms with Gasteiger partial charge in [0.2, 0.25) is 5.91 Å². The molecule has 2 rings (SSSR count). The van der Waals surface area contributed by atoms with Crippen molar-refractivity contribution in [2.75, 3.05) is 10.6 Å². The maximum atomic E-state index is 12.3. The third-order valence-corrected chi connectivity index (χ3v) is 4.43. The average Bonchev–Trinajstić information content (AvgIpc) is 2.63. The molecule has 0 aliphatic carbocycles.